The summed E-state index contributed by atoms with van der Waals surface area (Å²) >= 11 is 0. The molecule has 1 aliphatic carbocycles. The molecule has 2 aromatic rings. The Labute approximate surface area is 156 Å². The maximum atomic E-state index is 14.4. The first-order chi connectivity index (χ1) is 13.0. The van der Waals surface area contributed by atoms with Gasteiger partial charge in [-0.15, -0.1) is 0 Å². The van der Waals surface area contributed by atoms with Gasteiger partial charge >= 0.3 is 5.97 Å². The van der Waals surface area contributed by atoms with E-state index in [0.29, 0.717) is 25.1 Å². The number of aryl methyl sites for hydroxylation is 1. The molecule has 1 aliphatic heterocycles. The number of hydrogen-bond donors (Lipinski definition) is 1. The van der Waals surface area contributed by atoms with Gasteiger partial charge in [0.25, 0.3) is 5.91 Å². The van der Waals surface area contributed by atoms with Crippen LogP contribution in [0.3, 0.4) is 0 Å². The van der Waals surface area contributed by atoms with Crippen molar-refractivity contribution in [2.24, 2.45) is 0 Å². The Hall–Kier alpha value is -2.70. The quantitative estimate of drug-likeness (QED) is 0.900. The highest BCUT2D eigenvalue weighted by atomic mass is 19.1. The van der Waals surface area contributed by atoms with Crippen LogP contribution in [0.5, 0.6) is 0 Å². The second-order valence-electron chi connectivity index (χ2n) is 7.34. The second kappa shape index (κ2) is 6.79. The molecule has 2 aliphatic rings. The van der Waals surface area contributed by atoms with Crippen LogP contribution in [0, 0.1) is 12.7 Å². The lowest BCUT2D eigenvalue weighted by Crippen LogP contribution is -2.48. The number of aliphatic carboxylic acids is 1. The lowest BCUT2D eigenvalue weighted by Gasteiger charge is -2.32. The van der Waals surface area contributed by atoms with E-state index in [-0.39, 0.29) is 11.6 Å². The number of rotatable bonds is 3. The largest absolute Gasteiger partial charge is 0.480 e. The molecule has 1 aromatic heterocycles. The predicted octanol–water partition coefficient (Wildman–Crippen LogP) is 2.89. The fraction of sp³-hybridized carbons (Fsp3) is 0.450. The Morgan fingerprint density at radius 2 is 2.04 bits per heavy atom. The van der Waals surface area contributed by atoms with Crippen LogP contribution in [0.4, 0.5) is 4.39 Å². The number of amides is 1. The van der Waals surface area contributed by atoms with Crippen LogP contribution >= 0.6 is 0 Å². The van der Waals surface area contributed by atoms with Gasteiger partial charge in [-0.2, -0.15) is 5.10 Å². The van der Waals surface area contributed by atoms with Crippen molar-refractivity contribution in [1.82, 2.24) is 14.7 Å². The van der Waals surface area contributed by atoms with E-state index in [1.54, 1.807) is 12.1 Å². The zero-order valence-electron chi connectivity index (χ0n) is 15.2. The molecule has 27 heavy (non-hydrogen) atoms. The van der Waals surface area contributed by atoms with Crippen molar-refractivity contribution >= 4 is 11.9 Å². The van der Waals surface area contributed by atoms with Crippen molar-refractivity contribution in [3.05, 3.63) is 46.5 Å². The van der Waals surface area contributed by atoms with E-state index in [9.17, 15) is 19.1 Å². The minimum absolute atomic E-state index is 0.275. The summed E-state index contributed by atoms with van der Waals surface area (Å²) in [5.74, 6) is -1.73. The van der Waals surface area contributed by atoms with Crippen molar-refractivity contribution in [2.45, 2.75) is 51.5 Å². The molecule has 1 saturated heterocycles. The maximum absolute atomic E-state index is 14.4. The van der Waals surface area contributed by atoms with Crippen LogP contribution in [0.1, 0.15) is 53.0 Å². The molecule has 142 valence electrons. The second-order valence-corrected chi connectivity index (χ2v) is 7.34. The Kier molecular flexibility index (Phi) is 4.45. The van der Waals surface area contributed by atoms with Crippen molar-refractivity contribution in [3.8, 4) is 5.69 Å². The van der Waals surface area contributed by atoms with Crippen LogP contribution < -0.4 is 0 Å². The fourth-order valence-electron chi connectivity index (χ4n) is 4.16. The number of carbonyl (C=O) groups is 2. The third-order valence-electron chi connectivity index (χ3n) is 5.51. The standard InChI is InChI=1S/C20H22FN3O3/c1-12-8-9-14(21)17(11-12)24-15-7-4-5-13(15)18(22-24)19(25)23-10-3-2-6-16(23)20(26)27/h8-9,11,16H,2-7,10H2,1H3,(H,26,27)/t16-/m1/s1. The van der Waals surface area contributed by atoms with Gasteiger partial charge in [0.15, 0.2) is 5.69 Å². The molecule has 1 N–H and O–H groups in total. The Morgan fingerprint density at radius 3 is 2.81 bits per heavy atom. The summed E-state index contributed by atoms with van der Waals surface area (Å²) in [6.07, 6.45) is 4.34. The number of nitrogens with zero attached hydrogens (tertiary/aromatic N) is 3. The van der Waals surface area contributed by atoms with Gasteiger partial charge in [-0.3, -0.25) is 4.79 Å². The van der Waals surface area contributed by atoms with Gasteiger partial charge in [-0.05, 0) is 63.1 Å². The van der Waals surface area contributed by atoms with Gasteiger partial charge in [0, 0.05) is 17.8 Å². The van der Waals surface area contributed by atoms with Gasteiger partial charge < -0.3 is 10.0 Å². The smallest absolute Gasteiger partial charge is 0.326 e. The average Bonchev–Trinajstić information content (AvgIpc) is 3.26. The predicted molar refractivity (Wildman–Crippen MR) is 96.6 cm³/mol. The highest BCUT2D eigenvalue weighted by Crippen LogP contribution is 2.31. The summed E-state index contributed by atoms with van der Waals surface area (Å²) in [6.45, 7) is 2.29. The lowest BCUT2D eigenvalue weighted by atomic mass is 10.0. The normalized spacial score (nSPS) is 19.2. The summed E-state index contributed by atoms with van der Waals surface area (Å²) in [5.41, 5.74) is 3.20. The highest BCUT2D eigenvalue weighted by molar-refractivity contribution is 5.96. The van der Waals surface area contributed by atoms with E-state index in [2.05, 4.69) is 5.10 Å². The van der Waals surface area contributed by atoms with Crippen LogP contribution in [0.2, 0.25) is 0 Å². The van der Waals surface area contributed by atoms with Crippen molar-refractivity contribution < 1.29 is 19.1 Å². The summed E-state index contributed by atoms with van der Waals surface area (Å²) in [4.78, 5) is 26.2. The van der Waals surface area contributed by atoms with Gasteiger partial charge in [0.1, 0.15) is 17.5 Å². The molecule has 0 unspecified atom stereocenters. The van der Waals surface area contributed by atoms with Crippen LogP contribution in [-0.4, -0.2) is 44.3 Å². The molecule has 0 saturated carbocycles. The molecule has 1 fully saturated rings. The Balaban J connectivity index is 1.77. The molecule has 1 amide bonds. The molecule has 0 radical (unpaired) electrons. The molecule has 1 aromatic carbocycles. The third-order valence-corrected chi connectivity index (χ3v) is 5.51. The Morgan fingerprint density at radius 1 is 1.22 bits per heavy atom. The van der Waals surface area contributed by atoms with E-state index >= 15 is 0 Å². The molecular weight excluding hydrogens is 349 g/mol. The van der Waals surface area contributed by atoms with Crippen molar-refractivity contribution in [1.29, 1.82) is 0 Å². The van der Waals surface area contributed by atoms with E-state index in [0.717, 1.165) is 42.5 Å². The minimum Gasteiger partial charge on any atom is -0.480 e. The zero-order chi connectivity index (χ0) is 19.1. The number of likely N-dealkylation sites (tertiary alicyclic amines) is 1. The lowest BCUT2D eigenvalue weighted by molar-refractivity contribution is -0.143. The number of carboxylic acid groups (broad SMARTS) is 1. The van der Waals surface area contributed by atoms with E-state index in [1.165, 1.54) is 15.6 Å². The first kappa shape index (κ1) is 17.7. The first-order valence-corrected chi connectivity index (χ1v) is 9.38. The van der Waals surface area contributed by atoms with E-state index in [1.807, 2.05) is 6.92 Å². The molecule has 2 heterocycles. The molecule has 0 spiro atoms. The number of aromatic nitrogens is 2. The molecule has 0 bridgehead atoms. The molecular formula is C20H22FN3O3. The number of fused-ring (bicyclic) bond motifs is 1. The van der Waals surface area contributed by atoms with Gasteiger partial charge in [-0.25, -0.2) is 13.9 Å². The first-order valence-electron chi connectivity index (χ1n) is 9.38. The van der Waals surface area contributed by atoms with Crippen LogP contribution in [0.15, 0.2) is 18.2 Å². The summed E-state index contributed by atoms with van der Waals surface area (Å²) in [6, 6.07) is 4.00. The molecule has 7 heteroatoms. The topological polar surface area (TPSA) is 75.4 Å². The summed E-state index contributed by atoms with van der Waals surface area (Å²) in [7, 11) is 0. The fourth-order valence-corrected chi connectivity index (χ4v) is 4.16. The van der Waals surface area contributed by atoms with Gasteiger partial charge in [0.05, 0.1) is 0 Å². The minimum atomic E-state index is -0.983. The monoisotopic (exact) mass is 371 g/mol. The highest BCUT2D eigenvalue weighted by Gasteiger charge is 2.36. The van der Waals surface area contributed by atoms with Crippen molar-refractivity contribution in [2.75, 3.05) is 6.54 Å². The number of hydrogen-bond acceptors (Lipinski definition) is 3. The van der Waals surface area contributed by atoms with Crippen LogP contribution in [0.25, 0.3) is 5.69 Å². The van der Waals surface area contributed by atoms with Crippen molar-refractivity contribution in [3.63, 3.8) is 0 Å². The average molecular weight is 371 g/mol. The SMILES string of the molecule is Cc1ccc(F)c(-n2nc(C(=O)N3CCCC[C@@H]3C(=O)O)c3c2CCC3)c1. The third kappa shape index (κ3) is 3.01. The summed E-state index contributed by atoms with van der Waals surface area (Å²) < 4.78 is 16.0. The number of halogens is 1. The molecule has 4 rings (SSSR count). The molecule has 1 atom stereocenters. The van der Waals surface area contributed by atoms with E-state index in [4.69, 9.17) is 0 Å². The summed E-state index contributed by atoms with van der Waals surface area (Å²) in [5, 5.41) is 13.9. The molecule has 6 nitrogen and oxygen atoms in total. The number of benzene rings is 1. The van der Waals surface area contributed by atoms with Gasteiger partial charge in [0.2, 0.25) is 0 Å². The number of carboxylic acids is 1. The van der Waals surface area contributed by atoms with Crippen LogP contribution in [-0.2, 0) is 17.6 Å². The number of piperidine rings is 1. The number of carbonyl (C=O) groups excluding carboxylic acids is 1. The Bertz CT molecular complexity index is 921. The van der Waals surface area contributed by atoms with Gasteiger partial charge in [-0.1, -0.05) is 6.07 Å². The zero-order valence-corrected chi connectivity index (χ0v) is 15.2. The van der Waals surface area contributed by atoms with E-state index < -0.39 is 17.8 Å². The maximum Gasteiger partial charge on any atom is 0.326 e.